The second-order valence-corrected chi connectivity index (χ2v) is 5.32. The van der Waals surface area contributed by atoms with E-state index in [9.17, 15) is 9.59 Å². The van der Waals surface area contributed by atoms with Gasteiger partial charge in [0.25, 0.3) is 0 Å². The van der Waals surface area contributed by atoms with Gasteiger partial charge in [-0.15, -0.1) is 6.58 Å². The minimum Gasteiger partial charge on any atom is -0.299 e. The highest BCUT2D eigenvalue weighted by Gasteiger charge is 2.57. The van der Waals surface area contributed by atoms with Crippen molar-refractivity contribution in [3.63, 3.8) is 0 Å². The predicted octanol–water partition coefficient (Wildman–Crippen LogP) is 2.38. The molecule has 0 aromatic heterocycles. The second-order valence-electron chi connectivity index (χ2n) is 5.32. The molecule has 0 saturated heterocycles. The molecule has 0 heterocycles. The smallest absolute Gasteiger partial charge is 0.149 e. The molecule has 4 atom stereocenters. The van der Waals surface area contributed by atoms with Gasteiger partial charge in [-0.1, -0.05) is 19.9 Å². The van der Waals surface area contributed by atoms with Gasteiger partial charge in [0.15, 0.2) is 0 Å². The first-order valence-electron chi connectivity index (χ1n) is 5.68. The standard InChI is InChI=1S/C13H18O2/c1-4-5-13(3)10-7-9(12(13)15)11(14)6-8(10)2/h4,8-10H,1,5-7H2,2-3H3/t8-,9+,10-,13-/m0/s1. The maximum absolute atomic E-state index is 12.2. The lowest BCUT2D eigenvalue weighted by Gasteiger charge is -2.33. The van der Waals surface area contributed by atoms with E-state index in [1.807, 2.05) is 13.0 Å². The molecule has 0 aliphatic heterocycles. The maximum atomic E-state index is 12.2. The molecule has 2 aliphatic carbocycles. The summed E-state index contributed by atoms with van der Waals surface area (Å²) in [7, 11) is 0. The molecule has 0 radical (unpaired) electrons. The fourth-order valence-electron chi connectivity index (χ4n) is 3.49. The van der Waals surface area contributed by atoms with Crippen LogP contribution in [-0.4, -0.2) is 11.6 Å². The van der Waals surface area contributed by atoms with E-state index in [2.05, 4.69) is 13.5 Å². The number of carbonyl (C=O) groups excluding carboxylic acids is 2. The molecule has 15 heavy (non-hydrogen) atoms. The molecular formula is C13H18O2. The largest absolute Gasteiger partial charge is 0.299 e. The normalized spacial score (nSPS) is 44.5. The second kappa shape index (κ2) is 3.29. The Hall–Kier alpha value is -0.920. The van der Waals surface area contributed by atoms with Crippen LogP contribution in [0, 0.1) is 23.2 Å². The third-order valence-electron chi connectivity index (χ3n) is 4.35. The molecule has 2 nitrogen and oxygen atoms in total. The number of Topliss-reactive ketones (excluding diaryl/α,β-unsaturated/α-hetero) is 2. The van der Waals surface area contributed by atoms with E-state index in [1.54, 1.807) is 0 Å². The SMILES string of the molecule is C=CC[C@]1(C)C(=O)[C@@H]2C[C@H]1[C@@H](C)CC2=O. The summed E-state index contributed by atoms with van der Waals surface area (Å²) in [5.41, 5.74) is -0.321. The van der Waals surface area contributed by atoms with Crippen LogP contribution < -0.4 is 0 Å². The van der Waals surface area contributed by atoms with Crippen LogP contribution in [0.3, 0.4) is 0 Å². The Balaban J connectivity index is 2.38. The molecule has 2 heteroatoms. The van der Waals surface area contributed by atoms with Gasteiger partial charge >= 0.3 is 0 Å². The summed E-state index contributed by atoms with van der Waals surface area (Å²) in [4.78, 5) is 23.9. The Labute approximate surface area is 90.7 Å². The molecule has 0 N–H and O–H groups in total. The third-order valence-corrected chi connectivity index (χ3v) is 4.35. The van der Waals surface area contributed by atoms with Crippen LogP contribution in [0.25, 0.3) is 0 Å². The first-order chi connectivity index (χ1) is 7.00. The molecule has 2 rings (SSSR count). The zero-order valence-electron chi connectivity index (χ0n) is 9.45. The Morgan fingerprint density at radius 1 is 1.53 bits per heavy atom. The third kappa shape index (κ3) is 1.30. The minimum absolute atomic E-state index is 0.163. The van der Waals surface area contributed by atoms with Gasteiger partial charge in [0, 0.05) is 11.8 Å². The lowest BCUT2D eigenvalue weighted by atomic mass is 9.70. The Morgan fingerprint density at radius 2 is 2.20 bits per heavy atom. The van der Waals surface area contributed by atoms with E-state index in [1.165, 1.54) is 0 Å². The highest BCUT2D eigenvalue weighted by atomic mass is 16.2. The molecule has 2 aliphatic rings. The quantitative estimate of drug-likeness (QED) is 0.513. The zero-order chi connectivity index (χ0) is 11.2. The van der Waals surface area contributed by atoms with Crippen LogP contribution in [0.15, 0.2) is 12.7 Å². The van der Waals surface area contributed by atoms with Gasteiger partial charge in [-0.3, -0.25) is 9.59 Å². The van der Waals surface area contributed by atoms with Gasteiger partial charge in [0.05, 0.1) is 5.92 Å². The van der Waals surface area contributed by atoms with Crippen LogP contribution in [0.1, 0.15) is 33.1 Å². The van der Waals surface area contributed by atoms with Gasteiger partial charge in [-0.2, -0.15) is 0 Å². The highest BCUT2D eigenvalue weighted by Crippen LogP contribution is 2.53. The van der Waals surface area contributed by atoms with Crippen molar-refractivity contribution in [2.45, 2.75) is 33.1 Å². The average molecular weight is 206 g/mol. The molecule has 0 spiro atoms. The Bertz CT molecular complexity index is 331. The van der Waals surface area contributed by atoms with Crippen molar-refractivity contribution in [3.8, 4) is 0 Å². The minimum atomic E-state index is -0.321. The summed E-state index contributed by atoms with van der Waals surface area (Å²) < 4.78 is 0. The molecule has 0 aromatic carbocycles. The van der Waals surface area contributed by atoms with Gasteiger partial charge in [0.2, 0.25) is 0 Å². The van der Waals surface area contributed by atoms with E-state index in [-0.39, 0.29) is 22.9 Å². The van der Waals surface area contributed by atoms with Crippen molar-refractivity contribution < 1.29 is 9.59 Å². The molecule has 82 valence electrons. The number of ketones is 2. The first kappa shape index (κ1) is 10.6. The van der Waals surface area contributed by atoms with Gasteiger partial charge in [0.1, 0.15) is 11.6 Å². The lowest BCUT2D eigenvalue weighted by molar-refractivity contribution is -0.134. The average Bonchev–Trinajstić information content (AvgIpc) is 2.38. The van der Waals surface area contributed by atoms with Gasteiger partial charge in [-0.05, 0) is 24.7 Å². The maximum Gasteiger partial charge on any atom is 0.149 e. The molecule has 2 saturated carbocycles. The van der Waals surface area contributed by atoms with Crippen molar-refractivity contribution in [1.29, 1.82) is 0 Å². The van der Waals surface area contributed by atoms with Crippen LogP contribution >= 0.6 is 0 Å². The molecular weight excluding hydrogens is 188 g/mol. The molecule has 0 amide bonds. The molecule has 2 bridgehead atoms. The number of carbonyl (C=O) groups is 2. The fourth-order valence-corrected chi connectivity index (χ4v) is 3.49. The fraction of sp³-hybridized carbons (Fsp3) is 0.692. The Kier molecular flexibility index (Phi) is 2.32. The molecule has 2 fully saturated rings. The summed E-state index contributed by atoms with van der Waals surface area (Å²) >= 11 is 0. The van der Waals surface area contributed by atoms with Crippen molar-refractivity contribution in [2.75, 3.05) is 0 Å². The van der Waals surface area contributed by atoms with Gasteiger partial charge < -0.3 is 0 Å². The van der Waals surface area contributed by atoms with Crippen molar-refractivity contribution in [3.05, 3.63) is 12.7 Å². The van der Waals surface area contributed by atoms with E-state index < -0.39 is 0 Å². The Morgan fingerprint density at radius 3 is 2.80 bits per heavy atom. The van der Waals surface area contributed by atoms with Crippen LogP contribution in [0.4, 0.5) is 0 Å². The zero-order valence-corrected chi connectivity index (χ0v) is 9.45. The topological polar surface area (TPSA) is 34.1 Å². The summed E-state index contributed by atoms with van der Waals surface area (Å²) in [5, 5.41) is 0. The number of rotatable bonds is 2. The van der Waals surface area contributed by atoms with Crippen molar-refractivity contribution >= 4 is 11.6 Å². The summed E-state index contributed by atoms with van der Waals surface area (Å²) in [5.74, 6) is 0.769. The van der Waals surface area contributed by atoms with E-state index in [0.717, 1.165) is 6.42 Å². The van der Waals surface area contributed by atoms with E-state index in [0.29, 0.717) is 24.7 Å². The lowest BCUT2D eigenvalue weighted by Crippen LogP contribution is -2.31. The number of allylic oxidation sites excluding steroid dienone is 1. The predicted molar refractivity (Wildman–Crippen MR) is 58.3 cm³/mol. The van der Waals surface area contributed by atoms with E-state index in [4.69, 9.17) is 0 Å². The first-order valence-corrected chi connectivity index (χ1v) is 5.68. The van der Waals surface area contributed by atoms with Crippen LogP contribution in [0.2, 0.25) is 0 Å². The van der Waals surface area contributed by atoms with E-state index >= 15 is 0 Å². The monoisotopic (exact) mass is 206 g/mol. The van der Waals surface area contributed by atoms with Crippen molar-refractivity contribution in [2.24, 2.45) is 23.2 Å². The van der Waals surface area contributed by atoms with Gasteiger partial charge in [-0.25, -0.2) is 0 Å². The summed E-state index contributed by atoms with van der Waals surface area (Å²) in [6, 6.07) is 0. The van der Waals surface area contributed by atoms with Crippen LogP contribution in [-0.2, 0) is 9.59 Å². The molecule has 0 unspecified atom stereocenters. The summed E-state index contributed by atoms with van der Waals surface area (Å²) in [6.45, 7) is 7.83. The number of hydrogen-bond donors (Lipinski definition) is 0. The summed E-state index contributed by atoms with van der Waals surface area (Å²) in [6.07, 6.45) is 3.90. The number of hydrogen-bond acceptors (Lipinski definition) is 2. The highest BCUT2D eigenvalue weighted by molar-refractivity contribution is 6.07. The van der Waals surface area contributed by atoms with Crippen LogP contribution in [0.5, 0.6) is 0 Å². The van der Waals surface area contributed by atoms with Crippen molar-refractivity contribution in [1.82, 2.24) is 0 Å². The molecule has 0 aromatic rings. The number of fused-ring (bicyclic) bond motifs is 2.